The van der Waals surface area contributed by atoms with Gasteiger partial charge in [0.05, 0.1) is 43.9 Å². The molecule has 0 atom stereocenters. The van der Waals surface area contributed by atoms with E-state index in [1.54, 1.807) is 0 Å². The van der Waals surface area contributed by atoms with Crippen LogP contribution in [0.3, 0.4) is 0 Å². The summed E-state index contributed by atoms with van der Waals surface area (Å²) in [5.41, 5.74) is -8.02. The molecular formula is C52H32O. The van der Waals surface area contributed by atoms with Crippen molar-refractivity contribution in [2.24, 2.45) is 0 Å². The van der Waals surface area contributed by atoms with Gasteiger partial charge in [0, 0.05) is 10.8 Å². The van der Waals surface area contributed by atoms with Crippen molar-refractivity contribution in [3.63, 3.8) is 0 Å². The van der Waals surface area contributed by atoms with Crippen molar-refractivity contribution < 1.29 is 48.3 Å². The number of benzene rings is 10. The average Bonchev–Trinajstić information content (AvgIpc) is 1.96. The minimum Gasteiger partial charge on any atom is -0.456 e. The molecule has 0 aliphatic rings. The summed E-state index contributed by atoms with van der Waals surface area (Å²) in [7, 11) is 0. The Kier molecular flexibility index (Phi) is 2.68. The minimum atomic E-state index is -1.19. The van der Waals surface area contributed by atoms with Gasteiger partial charge in [0.15, 0.2) is 0 Å². The van der Waals surface area contributed by atoms with Crippen LogP contribution in [-0.4, -0.2) is 0 Å². The average molecular weight is 705 g/mol. The lowest BCUT2D eigenvalue weighted by Crippen LogP contribution is -1.91. The Hall–Kier alpha value is -6.96. The van der Waals surface area contributed by atoms with E-state index < -0.39 is 303 Å². The van der Waals surface area contributed by atoms with E-state index in [1.165, 1.54) is 0 Å². The molecule has 1 nitrogen and oxygen atoms in total. The smallest absolute Gasteiger partial charge is 0.136 e. The van der Waals surface area contributed by atoms with Gasteiger partial charge in [0.25, 0.3) is 0 Å². The molecule has 0 aliphatic carbocycles. The predicted octanol–water partition coefficient (Wildman–Crippen LogP) is 14.9. The molecule has 0 spiro atoms. The highest BCUT2D eigenvalue weighted by Gasteiger charge is 2.20. The van der Waals surface area contributed by atoms with Gasteiger partial charge in [0.2, 0.25) is 0 Å². The number of hydrogen-bond acceptors (Lipinski definition) is 1. The summed E-state index contributed by atoms with van der Waals surface area (Å²) in [4.78, 5) is 0. The SMILES string of the molecule is [2H]c1c([2H])c(-c2c([2H])c([2H])c([2H])c3oc4c([2H])c([2H])c([2H])c(-c5c([2H])c([2H])c6c([2H])c([2H])c([2H])c([2H])c6c5[2H])c4c23)c([2H])c([2H])c1-c1c2c([2H])c([2H])c([2H])c([2H])c2c(-c2c([2H])c([2H])c([2H])c3c([2H])c([2H])c([2H])c([2H])c23)c2c([2H])c([2H])c([2H])c([2H])c12. The zero-order chi connectivity index (χ0) is 62.7. The topological polar surface area (TPSA) is 13.1 Å². The van der Waals surface area contributed by atoms with Gasteiger partial charge in [-0.25, -0.2) is 0 Å². The molecule has 0 bridgehead atoms. The second-order valence-corrected chi connectivity index (χ2v) is 11.5. The maximum atomic E-state index is 9.84. The summed E-state index contributed by atoms with van der Waals surface area (Å²) < 4.78 is 297. The van der Waals surface area contributed by atoms with Crippen LogP contribution >= 0.6 is 0 Å². The zero-order valence-electron chi connectivity index (χ0n) is 58.4. The minimum absolute atomic E-state index is 0.574. The van der Waals surface area contributed by atoms with Crippen molar-refractivity contribution >= 4 is 65.0 Å². The third-order valence-electron chi connectivity index (χ3n) is 8.70. The van der Waals surface area contributed by atoms with Gasteiger partial charge in [-0.2, -0.15) is 0 Å². The molecule has 11 rings (SSSR count). The molecule has 0 saturated carbocycles. The molecule has 0 unspecified atom stereocenters. The van der Waals surface area contributed by atoms with E-state index in [1.807, 2.05) is 0 Å². The predicted molar refractivity (Wildman–Crippen MR) is 225 cm³/mol. The first-order valence-corrected chi connectivity index (χ1v) is 15.7. The molecule has 246 valence electrons. The van der Waals surface area contributed by atoms with Gasteiger partial charge in [-0.3, -0.25) is 0 Å². The highest BCUT2D eigenvalue weighted by molar-refractivity contribution is 6.24. The van der Waals surface area contributed by atoms with Crippen LogP contribution in [0.15, 0.2) is 198 Å². The van der Waals surface area contributed by atoms with Crippen molar-refractivity contribution in [3.8, 4) is 44.5 Å². The third-order valence-corrected chi connectivity index (χ3v) is 8.70. The molecule has 0 saturated heterocycles. The van der Waals surface area contributed by atoms with E-state index in [-0.39, 0.29) is 0 Å². The molecule has 1 heteroatoms. The van der Waals surface area contributed by atoms with Gasteiger partial charge in [-0.05, 0) is 106 Å². The molecule has 53 heavy (non-hydrogen) atoms. The lowest BCUT2D eigenvalue weighted by atomic mass is 9.84. The highest BCUT2D eigenvalue weighted by Crippen LogP contribution is 2.46. The van der Waals surface area contributed by atoms with Gasteiger partial charge >= 0.3 is 0 Å². The molecule has 1 heterocycles. The van der Waals surface area contributed by atoms with E-state index >= 15 is 0 Å². The van der Waals surface area contributed by atoms with Crippen LogP contribution < -0.4 is 0 Å². The van der Waals surface area contributed by atoms with Crippen LogP contribution in [0.4, 0.5) is 0 Å². The van der Waals surface area contributed by atoms with E-state index in [0.717, 1.165) is 0 Å². The Balaban J connectivity index is 1.36. The molecule has 1 aromatic heterocycles. The standard InChI is InChI=1S/C52H32O/c1-2-14-37-32-38(31-26-33(37)12-1)41-22-11-25-48-52(41)51-40(21-10-24-47(51)53-48)35-27-29-36(30-28-35)49-43-17-5-7-19-45(43)50(46-20-8-6-18-44(46)49)42-23-9-15-34-13-3-4-16-39(34)42/h1-32H/i1D,2D,3D,4D,5D,6D,7D,8D,9D,10D,11D,12D,13D,14D,15D,16D,17D,18D,19D,20D,21D,22D,23D,24D,25D,26D,27D,28D,29D,30D,31D,32D. The summed E-state index contributed by atoms with van der Waals surface area (Å²) in [6.07, 6.45) is 0. The third kappa shape index (κ3) is 4.64. The molecule has 0 N–H and O–H groups in total. The van der Waals surface area contributed by atoms with Gasteiger partial charge in [0.1, 0.15) is 11.2 Å². The van der Waals surface area contributed by atoms with Gasteiger partial charge in [-0.1, -0.05) is 175 Å². The van der Waals surface area contributed by atoms with E-state index in [2.05, 4.69) is 0 Å². The Bertz CT molecular complexity index is 4960. The lowest BCUT2D eigenvalue weighted by molar-refractivity contribution is 0.669. The first kappa shape index (κ1) is 12.0. The second kappa shape index (κ2) is 11.8. The van der Waals surface area contributed by atoms with Crippen LogP contribution in [0.25, 0.3) is 110 Å². The van der Waals surface area contributed by atoms with Gasteiger partial charge in [-0.15, -0.1) is 0 Å². The molecule has 0 amide bonds. The fraction of sp³-hybridized carbons (Fsp3) is 0. The number of fused-ring (bicyclic) bond motifs is 7. The molecule has 0 fully saturated rings. The Morgan fingerprint density at radius 2 is 0.755 bits per heavy atom. The highest BCUT2D eigenvalue weighted by atomic mass is 16.3. The van der Waals surface area contributed by atoms with Crippen molar-refractivity contribution in [1.82, 2.24) is 0 Å². The first-order chi connectivity index (χ1) is 39.6. The lowest BCUT2D eigenvalue weighted by Gasteiger charge is -2.19. The summed E-state index contributed by atoms with van der Waals surface area (Å²) in [6.45, 7) is 0. The second-order valence-electron chi connectivity index (χ2n) is 11.5. The summed E-state index contributed by atoms with van der Waals surface area (Å²) in [5, 5.41) is -7.01. The normalized spacial score (nSPS) is 20.2. The molecule has 11 aromatic rings. The van der Waals surface area contributed by atoms with Crippen molar-refractivity contribution in [2.75, 3.05) is 0 Å². The van der Waals surface area contributed by atoms with Crippen molar-refractivity contribution in [3.05, 3.63) is 193 Å². The molecule has 0 aliphatic heterocycles. The molecule has 10 aromatic carbocycles. The van der Waals surface area contributed by atoms with Crippen LogP contribution in [0.1, 0.15) is 43.9 Å². The van der Waals surface area contributed by atoms with Crippen molar-refractivity contribution in [2.45, 2.75) is 0 Å². The first-order valence-electron chi connectivity index (χ1n) is 31.7. The largest absolute Gasteiger partial charge is 0.456 e. The number of furan rings is 1. The van der Waals surface area contributed by atoms with Crippen LogP contribution in [-0.2, 0) is 0 Å². The van der Waals surface area contributed by atoms with Crippen LogP contribution in [0, 0.1) is 0 Å². The van der Waals surface area contributed by atoms with E-state index in [9.17, 15) is 17.8 Å². The number of hydrogen-bond donors (Lipinski definition) is 0. The van der Waals surface area contributed by atoms with E-state index in [4.69, 9.17) is 30.5 Å². The maximum Gasteiger partial charge on any atom is 0.136 e. The quantitative estimate of drug-likeness (QED) is 0.166. The van der Waals surface area contributed by atoms with Crippen LogP contribution in [0.5, 0.6) is 0 Å². The fourth-order valence-electron chi connectivity index (χ4n) is 6.48. The Labute approximate surface area is 352 Å². The molecule has 0 radical (unpaired) electrons. The van der Waals surface area contributed by atoms with Gasteiger partial charge < -0.3 is 4.42 Å². The van der Waals surface area contributed by atoms with E-state index in [0.29, 0.717) is 0 Å². The van der Waals surface area contributed by atoms with Crippen molar-refractivity contribution in [1.29, 1.82) is 0 Å². The summed E-state index contributed by atoms with van der Waals surface area (Å²) >= 11 is 0. The van der Waals surface area contributed by atoms with Crippen LogP contribution in [0.2, 0.25) is 0 Å². The number of rotatable bonds is 4. The Morgan fingerprint density at radius 3 is 1.42 bits per heavy atom. The summed E-state index contributed by atoms with van der Waals surface area (Å²) in [5.74, 6) is 0. The summed E-state index contributed by atoms with van der Waals surface area (Å²) in [6, 6.07) is -31.5. The Morgan fingerprint density at radius 1 is 0.302 bits per heavy atom. The molecular weight excluding hydrogens is 641 g/mol. The maximum absolute atomic E-state index is 9.84. The fourth-order valence-corrected chi connectivity index (χ4v) is 6.48. The monoisotopic (exact) mass is 704 g/mol. The zero-order valence-corrected chi connectivity index (χ0v) is 26.4.